The fourth-order valence-electron chi connectivity index (χ4n) is 3.06. The van der Waals surface area contributed by atoms with Crippen LogP contribution in [-0.2, 0) is 4.74 Å². The third kappa shape index (κ3) is 4.86. The van der Waals surface area contributed by atoms with E-state index in [9.17, 15) is 4.79 Å². The van der Waals surface area contributed by atoms with E-state index < -0.39 is 0 Å². The summed E-state index contributed by atoms with van der Waals surface area (Å²) in [6.07, 6.45) is 0.0513. The van der Waals surface area contributed by atoms with Crippen molar-refractivity contribution in [3.8, 4) is 5.75 Å². The topological polar surface area (TPSA) is 50.8 Å². The van der Waals surface area contributed by atoms with Crippen LogP contribution in [0.15, 0.2) is 18.2 Å². The SMILES string of the molecule is Cc1cccc(C)c1OCCNC(=O)N1C[C@H](C)OC(C)(C)C1. The van der Waals surface area contributed by atoms with Gasteiger partial charge in [0, 0.05) is 6.54 Å². The Morgan fingerprint density at radius 2 is 2.04 bits per heavy atom. The Labute approximate surface area is 139 Å². The summed E-state index contributed by atoms with van der Waals surface area (Å²) in [6.45, 7) is 12.2. The lowest BCUT2D eigenvalue weighted by molar-refractivity contribution is -0.117. The summed E-state index contributed by atoms with van der Waals surface area (Å²) >= 11 is 0. The number of hydrogen-bond acceptors (Lipinski definition) is 3. The van der Waals surface area contributed by atoms with Crippen LogP contribution < -0.4 is 10.1 Å². The first-order valence-corrected chi connectivity index (χ1v) is 8.18. The molecule has 23 heavy (non-hydrogen) atoms. The summed E-state index contributed by atoms with van der Waals surface area (Å²) in [5.41, 5.74) is 1.92. The molecular weight excluding hydrogens is 292 g/mol. The largest absolute Gasteiger partial charge is 0.491 e. The van der Waals surface area contributed by atoms with Crippen molar-refractivity contribution in [1.82, 2.24) is 10.2 Å². The first kappa shape index (κ1) is 17.6. The molecule has 5 nitrogen and oxygen atoms in total. The monoisotopic (exact) mass is 320 g/mol. The third-order valence-corrected chi connectivity index (χ3v) is 3.89. The van der Waals surface area contributed by atoms with Gasteiger partial charge in [0.05, 0.1) is 24.8 Å². The van der Waals surface area contributed by atoms with Gasteiger partial charge in [0.1, 0.15) is 12.4 Å². The average molecular weight is 320 g/mol. The van der Waals surface area contributed by atoms with Crippen molar-refractivity contribution in [3.05, 3.63) is 29.3 Å². The molecule has 1 aliphatic heterocycles. The van der Waals surface area contributed by atoms with E-state index in [0.29, 0.717) is 26.2 Å². The molecule has 2 amide bonds. The Bertz CT molecular complexity index is 537. The zero-order chi connectivity index (χ0) is 17.0. The number of morpholine rings is 1. The summed E-state index contributed by atoms with van der Waals surface area (Å²) in [5, 5.41) is 2.93. The number of nitrogens with zero attached hydrogens (tertiary/aromatic N) is 1. The third-order valence-electron chi connectivity index (χ3n) is 3.89. The van der Waals surface area contributed by atoms with Gasteiger partial charge in [0.15, 0.2) is 0 Å². The zero-order valence-corrected chi connectivity index (χ0v) is 14.8. The van der Waals surface area contributed by atoms with E-state index in [1.165, 1.54) is 0 Å². The first-order chi connectivity index (χ1) is 10.8. The lowest BCUT2D eigenvalue weighted by Crippen LogP contribution is -2.56. The number of carbonyl (C=O) groups excluding carboxylic acids is 1. The van der Waals surface area contributed by atoms with Gasteiger partial charge in [-0.25, -0.2) is 4.79 Å². The molecular formula is C18H28N2O3. The molecule has 1 aliphatic rings. The predicted octanol–water partition coefficient (Wildman–Crippen LogP) is 2.89. The second-order valence-electron chi connectivity index (χ2n) is 6.87. The maximum atomic E-state index is 12.3. The second kappa shape index (κ2) is 7.21. The van der Waals surface area contributed by atoms with E-state index in [-0.39, 0.29) is 17.7 Å². The lowest BCUT2D eigenvalue weighted by Gasteiger charge is -2.41. The molecule has 1 N–H and O–H groups in total. The molecule has 128 valence electrons. The summed E-state index contributed by atoms with van der Waals surface area (Å²) in [7, 11) is 0. The fourth-order valence-corrected chi connectivity index (χ4v) is 3.06. The summed E-state index contributed by atoms with van der Waals surface area (Å²) in [4.78, 5) is 14.1. The number of amides is 2. The average Bonchev–Trinajstić information content (AvgIpc) is 2.43. The van der Waals surface area contributed by atoms with Crippen LogP contribution in [0, 0.1) is 13.8 Å². The van der Waals surface area contributed by atoms with Gasteiger partial charge in [-0.3, -0.25) is 0 Å². The Morgan fingerprint density at radius 1 is 1.39 bits per heavy atom. The molecule has 1 atom stereocenters. The lowest BCUT2D eigenvalue weighted by atomic mass is 10.1. The van der Waals surface area contributed by atoms with Gasteiger partial charge >= 0.3 is 6.03 Å². The maximum Gasteiger partial charge on any atom is 0.317 e. The molecule has 0 unspecified atom stereocenters. The summed E-state index contributed by atoms with van der Waals surface area (Å²) in [6, 6.07) is 6.01. The quantitative estimate of drug-likeness (QED) is 0.868. The highest BCUT2D eigenvalue weighted by atomic mass is 16.5. The van der Waals surface area contributed by atoms with E-state index >= 15 is 0 Å². The first-order valence-electron chi connectivity index (χ1n) is 8.18. The second-order valence-corrected chi connectivity index (χ2v) is 6.87. The van der Waals surface area contributed by atoms with E-state index in [1.54, 1.807) is 0 Å². The minimum Gasteiger partial charge on any atom is -0.491 e. The van der Waals surface area contributed by atoms with Crippen LogP contribution in [0.2, 0.25) is 0 Å². The van der Waals surface area contributed by atoms with Crippen LogP contribution in [0.1, 0.15) is 31.9 Å². The van der Waals surface area contributed by atoms with Gasteiger partial charge in [-0.05, 0) is 45.7 Å². The highest BCUT2D eigenvalue weighted by Crippen LogP contribution is 2.22. The molecule has 5 heteroatoms. The van der Waals surface area contributed by atoms with Gasteiger partial charge in [0.25, 0.3) is 0 Å². The van der Waals surface area contributed by atoms with E-state index in [4.69, 9.17) is 9.47 Å². The fraction of sp³-hybridized carbons (Fsp3) is 0.611. The van der Waals surface area contributed by atoms with Crippen molar-refractivity contribution in [1.29, 1.82) is 0 Å². The molecule has 0 radical (unpaired) electrons. The molecule has 1 aromatic rings. The van der Waals surface area contributed by atoms with Gasteiger partial charge < -0.3 is 19.7 Å². The van der Waals surface area contributed by atoms with Gasteiger partial charge in [-0.2, -0.15) is 0 Å². The van der Waals surface area contributed by atoms with Gasteiger partial charge in [-0.15, -0.1) is 0 Å². The Kier molecular flexibility index (Phi) is 5.52. The molecule has 0 aliphatic carbocycles. The molecule has 0 aromatic heterocycles. The molecule has 1 heterocycles. The predicted molar refractivity (Wildman–Crippen MR) is 91.0 cm³/mol. The molecule has 0 bridgehead atoms. The van der Waals surface area contributed by atoms with Crippen molar-refractivity contribution < 1.29 is 14.3 Å². The van der Waals surface area contributed by atoms with Crippen LogP contribution >= 0.6 is 0 Å². The highest BCUT2D eigenvalue weighted by Gasteiger charge is 2.33. The smallest absolute Gasteiger partial charge is 0.317 e. The van der Waals surface area contributed by atoms with Crippen LogP contribution in [-0.4, -0.2) is 48.9 Å². The number of nitrogens with one attached hydrogen (secondary N) is 1. The van der Waals surface area contributed by atoms with Crippen molar-refractivity contribution in [2.45, 2.75) is 46.3 Å². The number of para-hydroxylation sites is 1. The molecule has 0 saturated carbocycles. The number of hydrogen-bond donors (Lipinski definition) is 1. The van der Waals surface area contributed by atoms with E-state index in [1.807, 2.05) is 57.7 Å². The number of urea groups is 1. The van der Waals surface area contributed by atoms with Crippen LogP contribution in [0.4, 0.5) is 4.79 Å². The van der Waals surface area contributed by atoms with Gasteiger partial charge in [0.2, 0.25) is 0 Å². The Hall–Kier alpha value is -1.75. The minimum atomic E-state index is -0.302. The number of ether oxygens (including phenoxy) is 2. The highest BCUT2D eigenvalue weighted by molar-refractivity contribution is 5.74. The molecule has 1 fully saturated rings. The van der Waals surface area contributed by atoms with Crippen molar-refractivity contribution in [2.24, 2.45) is 0 Å². The summed E-state index contributed by atoms with van der Waals surface area (Å²) in [5.74, 6) is 0.905. The summed E-state index contributed by atoms with van der Waals surface area (Å²) < 4.78 is 11.6. The molecule has 1 aromatic carbocycles. The number of carbonyl (C=O) groups is 1. The standard InChI is InChI=1S/C18H28N2O3/c1-13-7-6-8-14(2)16(13)22-10-9-19-17(21)20-11-15(3)23-18(4,5)12-20/h6-8,15H,9-12H2,1-5H3,(H,19,21)/t15-/m0/s1. The van der Waals surface area contributed by atoms with Gasteiger partial charge in [-0.1, -0.05) is 18.2 Å². The zero-order valence-electron chi connectivity index (χ0n) is 14.8. The van der Waals surface area contributed by atoms with Crippen LogP contribution in [0.25, 0.3) is 0 Å². The number of rotatable bonds is 4. The Morgan fingerprint density at radius 3 is 2.65 bits per heavy atom. The maximum absolute atomic E-state index is 12.3. The van der Waals surface area contributed by atoms with Crippen LogP contribution in [0.5, 0.6) is 5.75 Å². The number of aryl methyl sites for hydroxylation is 2. The van der Waals surface area contributed by atoms with E-state index in [2.05, 4.69) is 5.32 Å². The van der Waals surface area contributed by atoms with Crippen molar-refractivity contribution in [2.75, 3.05) is 26.2 Å². The van der Waals surface area contributed by atoms with E-state index in [0.717, 1.165) is 16.9 Å². The molecule has 1 saturated heterocycles. The molecule has 2 rings (SSSR count). The number of benzene rings is 1. The van der Waals surface area contributed by atoms with Crippen molar-refractivity contribution >= 4 is 6.03 Å². The normalized spacial score (nSPS) is 20.2. The molecule has 0 spiro atoms. The Balaban J connectivity index is 1.79. The van der Waals surface area contributed by atoms with Crippen LogP contribution in [0.3, 0.4) is 0 Å². The van der Waals surface area contributed by atoms with Crippen molar-refractivity contribution in [3.63, 3.8) is 0 Å². The minimum absolute atomic E-state index is 0.0513.